The Hall–Kier alpha value is -2.98. The number of carbonyl (C=O) groups excluding carboxylic acids is 3. The van der Waals surface area contributed by atoms with Gasteiger partial charge in [-0.2, -0.15) is 0 Å². The second-order valence-electron chi connectivity index (χ2n) is 8.72. The van der Waals surface area contributed by atoms with Crippen LogP contribution >= 0.6 is 19.2 Å². The van der Waals surface area contributed by atoms with Crippen LogP contribution in [-0.4, -0.2) is 52.4 Å². The molecule has 0 aliphatic carbocycles. The normalized spacial score (nSPS) is 12.9. The Morgan fingerprint density at radius 1 is 1.03 bits per heavy atom. The van der Waals surface area contributed by atoms with Crippen molar-refractivity contribution in [1.29, 1.82) is 0 Å². The minimum atomic E-state index is -4.40. The summed E-state index contributed by atoms with van der Waals surface area (Å²) >= 11 is 5.97. The lowest BCUT2D eigenvalue weighted by atomic mass is 9.99. The number of nitrogens with one attached hydrogen (secondary N) is 1. The van der Waals surface area contributed by atoms with Gasteiger partial charge in [0.1, 0.15) is 5.82 Å². The molecule has 0 fully saturated rings. The molecule has 0 bridgehead atoms. The van der Waals surface area contributed by atoms with Crippen molar-refractivity contribution >= 4 is 37.2 Å². The Morgan fingerprint density at radius 3 is 2.29 bits per heavy atom. The summed E-state index contributed by atoms with van der Waals surface area (Å²) in [7, 11) is -4.40. The molecule has 13 heteroatoms. The van der Waals surface area contributed by atoms with E-state index in [1.807, 2.05) is 0 Å². The van der Waals surface area contributed by atoms with Gasteiger partial charge in [-0.1, -0.05) is 35.9 Å². The van der Waals surface area contributed by atoms with Crippen molar-refractivity contribution in [2.24, 2.45) is 0 Å². The zero-order valence-electron chi connectivity index (χ0n) is 21.1. The molecule has 3 N–H and O–H groups in total. The number of ether oxygens (including phenoxy) is 3. The van der Waals surface area contributed by atoms with Crippen LogP contribution in [0.25, 0.3) is 11.1 Å². The third-order valence-electron chi connectivity index (χ3n) is 4.98. The highest BCUT2D eigenvalue weighted by Crippen LogP contribution is 2.34. The molecule has 0 saturated carbocycles. The van der Waals surface area contributed by atoms with Crippen LogP contribution in [0.5, 0.6) is 0 Å². The molecule has 0 spiro atoms. The molecule has 0 heterocycles. The van der Waals surface area contributed by atoms with Crippen LogP contribution < -0.4 is 5.32 Å². The minimum absolute atomic E-state index is 0.139. The predicted octanol–water partition coefficient (Wildman–Crippen LogP) is 4.58. The topological polar surface area (TPSA) is 148 Å². The van der Waals surface area contributed by atoms with Crippen LogP contribution in [0.4, 0.5) is 9.18 Å². The first kappa shape index (κ1) is 31.2. The lowest BCUT2D eigenvalue weighted by Gasteiger charge is -2.20. The minimum Gasteiger partial charge on any atom is -0.431 e. The summed E-state index contributed by atoms with van der Waals surface area (Å²) in [5, 5.41) is 2.95. The summed E-state index contributed by atoms with van der Waals surface area (Å²) in [6, 6.07) is 10.0. The van der Waals surface area contributed by atoms with Gasteiger partial charge in [-0.3, -0.25) is 14.2 Å². The monoisotopic (exact) mass is 573 g/mol. The molecule has 2 aromatic carbocycles. The van der Waals surface area contributed by atoms with E-state index in [-0.39, 0.29) is 12.8 Å². The fraction of sp³-hybridized carbons (Fsp3) is 0.400. The van der Waals surface area contributed by atoms with E-state index in [0.717, 1.165) is 0 Å². The third kappa shape index (κ3) is 11.6. The molecule has 1 amide bonds. The van der Waals surface area contributed by atoms with Gasteiger partial charge in [0.05, 0.1) is 18.7 Å². The van der Waals surface area contributed by atoms with Crippen molar-refractivity contribution in [2.45, 2.75) is 58.5 Å². The van der Waals surface area contributed by atoms with E-state index in [4.69, 9.17) is 35.6 Å². The van der Waals surface area contributed by atoms with Crippen LogP contribution in [0.15, 0.2) is 42.5 Å². The molecule has 0 aliphatic rings. The number of carbonyl (C=O) groups is 3. The highest BCUT2D eigenvalue weighted by atomic mass is 35.5. The number of hydrogen-bond donors (Lipinski definition) is 3. The zero-order chi connectivity index (χ0) is 28.5. The molecule has 2 unspecified atom stereocenters. The van der Waals surface area contributed by atoms with Gasteiger partial charge in [0.2, 0.25) is 12.2 Å². The maximum absolute atomic E-state index is 14.2. The Bertz CT molecular complexity index is 1170. The van der Waals surface area contributed by atoms with E-state index < -0.39 is 62.5 Å². The van der Waals surface area contributed by atoms with E-state index in [2.05, 4.69) is 5.32 Å². The molecule has 0 aliphatic heterocycles. The van der Waals surface area contributed by atoms with Crippen molar-refractivity contribution < 1.29 is 47.3 Å². The van der Waals surface area contributed by atoms with Gasteiger partial charge in [-0.15, -0.1) is 0 Å². The van der Waals surface area contributed by atoms with E-state index in [1.54, 1.807) is 38.1 Å². The SMILES string of the molecule is CC(C)OC(=O)OC(C)OC(=O)CC(Cc1ccc(-c2cc(Cl)ccc2F)cc1)NC(=O)CCP(=O)(O)O. The number of amides is 1. The summed E-state index contributed by atoms with van der Waals surface area (Å²) in [5.74, 6) is -1.92. The standard InChI is InChI=1S/C25H30ClFNO9P/c1-15(2)35-25(31)37-16(3)36-24(30)14-20(28-23(29)10-11-38(32,33)34)12-17-4-6-18(7-5-17)21-13-19(26)8-9-22(21)27/h4-9,13,15-16,20H,10-12,14H2,1-3H3,(H,28,29)(H2,32,33,34). The van der Waals surface area contributed by atoms with Gasteiger partial charge in [0, 0.05) is 30.0 Å². The van der Waals surface area contributed by atoms with Crippen molar-refractivity contribution in [2.75, 3.05) is 6.16 Å². The molecule has 10 nitrogen and oxygen atoms in total. The third-order valence-corrected chi connectivity index (χ3v) is 6.02. The maximum Gasteiger partial charge on any atom is 0.511 e. The summed E-state index contributed by atoms with van der Waals surface area (Å²) in [6.07, 6.45) is -4.01. The van der Waals surface area contributed by atoms with Gasteiger partial charge in [0.25, 0.3) is 0 Å². The average Bonchev–Trinajstić information content (AvgIpc) is 2.78. The maximum atomic E-state index is 14.2. The van der Waals surface area contributed by atoms with Crippen molar-refractivity contribution in [3.63, 3.8) is 0 Å². The Labute approximate surface area is 224 Å². The lowest BCUT2D eigenvalue weighted by molar-refractivity contribution is -0.169. The molecular formula is C25H30ClFNO9P. The molecule has 0 aromatic heterocycles. The summed E-state index contributed by atoms with van der Waals surface area (Å²) in [5.41, 5.74) is 1.55. The Morgan fingerprint density at radius 2 is 1.68 bits per heavy atom. The largest absolute Gasteiger partial charge is 0.511 e. The van der Waals surface area contributed by atoms with Crippen molar-refractivity contribution in [3.8, 4) is 11.1 Å². The van der Waals surface area contributed by atoms with E-state index in [0.29, 0.717) is 21.7 Å². The van der Waals surface area contributed by atoms with Gasteiger partial charge in [-0.05, 0) is 49.6 Å². The van der Waals surface area contributed by atoms with E-state index >= 15 is 0 Å². The van der Waals surface area contributed by atoms with Crippen molar-refractivity contribution in [3.05, 3.63) is 58.9 Å². The smallest absolute Gasteiger partial charge is 0.431 e. The number of hydrogen-bond acceptors (Lipinski definition) is 7. The van der Waals surface area contributed by atoms with Crippen LogP contribution in [0, 0.1) is 5.82 Å². The van der Waals surface area contributed by atoms with Crippen LogP contribution in [0.3, 0.4) is 0 Å². The number of benzene rings is 2. The second kappa shape index (κ2) is 14.2. The quantitative estimate of drug-likeness (QED) is 0.188. The molecule has 2 atom stereocenters. The second-order valence-corrected chi connectivity index (χ2v) is 10.9. The molecule has 38 heavy (non-hydrogen) atoms. The number of halogens is 2. The van der Waals surface area contributed by atoms with E-state index in [9.17, 15) is 23.3 Å². The molecular weight excluding hydrogens is 544 g/mol. The first-order chi connectivity index (χ1) is 17.7. The molecule has 0 radical (unpaired) electrons. The average molecular weight is 574 g/mol. The lowest BCUT2D eigenvalue weighted by Crippen LogP contribution is -2.39. The number of esters is 1. The van der Waals surface area contributed by atoms with Gasteiger partial charge >= 0.3 is 19.7 Å². The highest BCUT2D eigenvalue weighted by Gasteiger charge is 2.23. The fourth-order valence-electron chi connectivity index (χ4n) is 3.36. The van der Waals surface area contributed by atoms with Gasteiger partial charge < -0.3 is 29.3 Å². The Balaban J connectivity index is 2.10. The van der Waals surface area contributed by atoms with Crippen LogP contribution in [0.1, 0.15) is 39.2 Å². The van der Waals surface area contributed by atoms with Crippen LogP contribution in [-0.2, 0) is 34.8 Å². The molecule has 208 valence electrons. The van der Waals surface area contributed by atoms with E-state index in [1.165, 1.54) is 25.1 Å². The van der Waals surface area contributed by atoms with Gasteiger partial charge in [0.15, 0.2) is 0 Å². The summed E-state index contributed by atoms with van der Waals surface area (Å²) in [4.78, 5) is 54.4. The van der Waals surface area contributed by atoms with Crippen LogP contribution in [0.2, 0.25) is 5.02 Å². The fourth-order valence-corrected chi connectivity index (χ4v) is 4.03. The number of rotatable bonds is 12. The zero-order valence-corrected chi connectivity index (χ0v) is 22.7. The summed E-state index contributed by atoms with van der Waals surface area (Å²) < 4.78 is 40.1. The highest BCUT2D eigenvalue weighted by molar-refractivity contribution is 7.51. The first-order valence-corrected chi connectivity index (χ1v) is 13.8. The Kier molecular flexibility index (Phi) is 11.7. The first-order valence-electron chi connectivity index (χ1n) is 11.7. The van der Waals surface area contributed by atoms with Crippen molar-refractivity contribution in [1.82, 2.24) is 5.32 Å². The molecule has 2 aromatic rings. The molecule has 2 rings (SSSR count). The van der Waals surface area contributed by atoms with Gasteiger partial charge in [-0.25, -0.2) is 9.18 Å². The predicted molar refractivity (Wildman–Crippen MR) is 137 cm³/mol. The summed E-state index contributed by atoms with van der Waals surface area (Å²) in [6.45, 7) is 4.56. The molecule has 0 saturated heterocycles.